The van der Waals surface area contributed by atoms with Gasteiger partial charge >= 0.3 is 0 Å². The highest BCUT2D eigenvalue weighted by atomic mass is 35.5. The van der Waals surface area contributed by atoms with E-state index in [1.165, 1.54) is 11.8 Å². The summed E-state index contributed by atoms with van der Waals surface area (Å²) in [5.74, 6) is 0.976. The topological polar surface area (TPSA) is 29.1 Å². The van der Waals surface area contributed by atoms with E-state index in [0.29, 0.717) is 16.7 Å². The molecule has 1 N–H and O–H groups in total. The Kier molecular flexibility index (Phi) is 5.86. The Morgan fingerprint density at radius 3 is 2.41 bits per heavy atom. The molecule has 0 bridgehead atoms. The molecule has 0 radical (unpaired) electrons. The van der Waals surface area contributed by atoms with Crippen molar-refractivity contribution in [3.05, 3.63) is 29.3 Å². The van der Waals surface area contributed by atoms with E-state index in [1.807, 2.05) is 31.2 Å². The number of hydrogen-bond donors (Lipinski definition) is 1. The van der Waals surface area contributed by atoms with Crippen LogP contribution < -0.4 is 5.32 Å². The fourth-order valence-corrected chi connectivity index (χ4v) is 1.98. The fourth-order valence-electron chi connectivity index (χ4n) is 1.14. The Labute approximate surface area is 112 Å². The summed E-state index contributed by atoms with van der Waals surface area (Å²) in [6, 6.07) is 7.73. The monoisotopic (exact) mass is 271 g/mol. The Balaban J connectivity index is 2.35. The van der Waals surface area contributed by atoms with Crippen LogP contribution in [0.2, 0.25) is 5.02 Å². The van der Waals surface area contributed by atoms with E-state index >= 15 is 0 Å². The first-order valence-corrected chi connectivity index (χ1v) is 7.03. The third-order valence-corrected chi connectivity index (χ3v) is 3.84. The van der Waals surface area contributed by atoms with Crippen molar-refractivity contribution in [1.82, 2.24) is 5.32 Å². The Bertz CT molecular complexity index is 364. The zero-order valence-corrected chi connectivity index (χ0v) is 11.9. The molecule has 4 heteroatoms. The molecule has 94 valence electrons. The van der Waals surface area contributed by atoms with Gasteiger partial charge in [0.05, 0.1) is 5.75 Å². The maximum absolute atomic E-state index is 11.6. The van der Waals surface area contributed by atoms with Crippen LogP contribution in [-0.4, -0.2) is 17.7 Å². The van der Waals surface area contributed by atoms with Crippen molar-refractivity contribution in [2.45, 2.75) is 31.7 Å². The highest BCUT2D eigenvalue weighted by Crippen LogP contribution is 2.20. The van der Waals surface area contributed by atoms with Crippen molar-refractivity contribution in [1.29, 1.82) is 0 Å². The summed E-state index contributed by atoms with van der Waals surface area (Å²) in [6.45, 7) is 6.21. The first-order valence-electron chi connectivity index (χ1n) is 5.66. The van der Waals surface area contributed by atoms with Gasteiger partial charge in [-0.3, -0.25) is 4.79 Å². The molecule has 2 nitrogen and oxygen atoms in total. The standard InChI is InChI=1S/C13H18ClNOS/c1-9(2)10(3)15-13(16)8-17-12-6-4-11(14)5-7-12/h4-7,9-10H,8H2,1-3H3,(H,15,16)/t10-/m0/s1. The van der Waals surface area contributed by atoms with Gasteiger partial charge in [-0.2, -0.15) is 0 Å². The molecule has 0 spiro atoms. The van der Waals surface area contributed by atoms with E-state index < -0.39 is 0 Å². The lowest BCUT2D eigenvalue weighted by Crippen LogP contribution is -2.37. The molecule has 1 aromatic carbocycles. The van der Waals surface area contributed by atoms with Crippen LogP contribution in [0.5, 0.6) is 0 Å². The molecule has 0 saturated heterocycles. The highest BCUT2D eigenvalue weighted by Gasteiger charge is 2.10. The molecular formula is C13H18ClNOS. The van der Waals surface area contributed by atoms with Gasteiger partial charge in [-0.05, 0) is 37.1 Å². The maximum Gasteiger partial charge on any atom is 0.230 e. The van der Waals surface area contributed by atoms with Crippen molar-refractivity contribution in [2.24, 2.45) is 5.92 Å². The average Bonchev–Trinajstić information content (AvgIpc) is 2.28. The first kappa shape index (κ1) is 14.4. The summed E-state index contributed by atoms with van der Waals surface area (Å²) in [5.41, 5.74) is 0. The van der Waals surface area contributed by atoms with Gasteiger partial charge in [0.2, 0.25) is 5.91 Å². The number of amides is 1. The van der Waals surface area contributed by atoms with Crippen LogP contribution in [-0.2, 0) is 4.79 Å². The van der Waals surface area contributed by atoms with E-state index in [9.17, 15) is 4.79 Å². The van der Waals surface area contributed by atoms with Crippen LogP contribution >= 0.6 is 23.4 Å². The van der Waals surface area contributed by atoms with Crippen molar-refractivity contribution in [2.75, 3.05) is 5.75 Å². The second-order valence-corrected chi connectivity index (χ2v) is 5.83. The smallest absolute Gasteiger partial charge is 0.230 e. The van der Waals surface area contributed by atoms with E-state index in [0.717, 1.165) is 4.90 Å². The SMILES string of the molecule is CC(C)[C@H](C)NC(=O)CSc1ccc(Cl)cc1. The van der Waals surface area contributed by atoms with Crippen LogP contribution in [0.15, 0.2) is 29.2 Å². The molecule has 1 amide bonds. The molecule has 0 fully saturated rings. The summed E-state index contributed by atoms with van der Waals surface area (Å²) in [6.07, 6.45) is 0. The van der Waals surface area contributed by atoms with Gasteiger partial charge in [0.15, 0.2) is 0 Å². The van der Waals surface area contributed by atoms with E-state index in [4.69, 9.17) is 11.6 Å². The highest BCUT2D eigenvalue weighted by molar-refractivity contribution is 8.00. The molecule has 0 saturated carbocycles. The number of rotatable bonds is 5. The third kappa shape index (κ3) is 5.46. The molecule has 1 aromatic rings. The lowest BCUT2D eigenvalue weighted by Gasteiger charge is -2.17. The summed E-state index contributed by atoms with van der Waals surface area (Å²) in [5, 5.41) is 3.69. The summed E-state index contributed by atoms with van der Waals surface area (Å²) < 4.78 is 0. The molecule has 0 aliphatic carbocycles. The van der Waals surface area contributed by atoms with Crippen LogP contribution in [0, 0.1) is 5.92 Å². The Morgan fingerprint density at radius 1 is 1.29 bits per heavy atom. The molecule has 0 unspecified atom stereocenters. The molecule has 1 rings (SSSR count). The molecule has 0 heterocycles. The minimum Gasteiger partial charge on any atom is -0.353 e. The van der Waals surface area contributed by atoms with Gasteiger partial charge in [0.25, 0.3) is 0 Å². The largest absolute Gasteiger partial charge is 0.353 e. The van der Waals surface area contributed by atoms with Gasteiger partial charge in [-0.25, -0.2) is 0 Å². The van der Waals surface area contributed by atoms with Gasteiger partial charge < -0.3 is 5.32 Å². The lowest BCUT2D eigenvalue weighted by molar-refractivity contribution is -0.119. The van der Waals surface area contributed by atoms with Crippen molar-refractivity contribution >= 4 is 29.3 Å². The number of carbonyl (C=O) groups excluding carboxylic acids is 1. The van der Waals surface area contributed by atoms with Crippen molar-refractivity contribution < 1.29 is 4.79 Å². The molecule has 1 atom stereocenters. The van der Waals surface area contributed by atoms with Crippen LogP contribution in [0.3, 0.4) is 0 Å². The molecule has 17 heavy (non-hydrogen) atoms. The number of thioether (sulfide) groups is 1. The van der Waals surface area contributed by atoms with Gasteiger partial charge in [-0.15, -0.1) is 11.8 Å². The maximum atomic E-state index is 11.6. The van der Waals surface area contributed by atoms with E-state index in [1.54, 1.807) is 0 Å². The van der Waals surface area contributed by atoms with Gasteiger partial charge in [-0.1, -0.05) is 25.4 Å². The Hall–Kier alpha value is -0.670. The zero-order valence-electron chi connectivity index (χ0n) is 10.4. The molecule has 0 aliphatic heterocycles. The Morgan fingerprint density at radius 2 is 1.88 bits per heavy atom. The van der Waals surface area contributed by atoms with Crippen LogP contribution in [0.25, 0.3) is 0 Å². The quantitative estimate of drug-likeness (QED) is 0.829. The average molecular weight is 272 g/mol. The molecular weight excluding hydrogens is 254 g/mol. The zero-order chi connectivity index (χ0) is 12.8. The second-order valence-electron chi connectivity index (χ2n) is 4.34. The number of carbonyl (C=O) groups is 1. The second kappa shape index (κ2) is 6.92. The predicted octanol–water partition coefficient (Wildman–Crippen LogP) is 3.59. The van der Waals surface area contributed by atoms with Crippen molar-refractivity contribution in [3.63, 3.8) is 0 Å². The number of benzene rings is 1. The first-order chi connectivity index (χ1) is 7.99. The third-order valence-electron chi connectivity index (χ3n) is 2.57. The summed E-state index contributed by atoms with van der Waals surface area (Å²) in [7, 11) is 0. The normalized spacial score (nSPS) is 12.5. The molecule has 0 aromatic heterocycles. The minimum atomic E-state index is 0.0751. The van der Waals surface area contributed by atoms with Crippen LogP contribution in [0.1, 0.15) is 20.8 Å². The predicted molar refractivity (Wildman–Crippen MR) is 74.6 cm³/mol. The van der Waals surface area contributed by atoms with Gasteiger partial charge in [0, 0.05) is 16.0 Å². The number of halogens is 1. The van der Waals surface area contributed by atoms with Gasteiger partial charge in [0.1, 0.15) is 0 Å². The lowest BCUT2D eigenvalue weighted by atomic mass is 10.1. The van der Waals surface area contributed by atoms with Crippen molar-refractivity contribution in [3.8, 4) is 0 Å². The minimum absolute atomic E-state index is 0.0751. The number of nitrogens with one attached hydrogen (secondary N) is 1. The van der Waals surface area contributed by atoms with Crippen LogP contribution in [0.4, 0.5) is 0 Å². The van der Waals surface area contributed by atoms with E-state index in [-0.39, 0.29) is 11.9 Å². The number of hydrogen-bond acceptors (Lipinski definition) is 2. The fraction of sp³-hybridized carbons (Fsp3) is 0.462. The van der Waals surface area contributed by atoms with E-state index in [2.05, 4.69) is 19.2 Å². The summed E-state index contributed by atoms with van der Waals surface area (Å²) in [4.78, 5) is 12.7. The molecule has 0 aliphatic rings. The summed E-state index contributed by atoms with van der Waals surface area (Å²) >= 11 is 7.31.